The normalized spacial score (nSPS) is 16.6. The average Bonchev–Trinajstić information content (AvgIpc) is 2.65. The van der Waals surface area contributed by atoms with Crippen LogP contribution in [0.1, 0.15) is 30.0 Å². The van der Waals surface area contributed by atoms with Crippen molar-refractivity contribution in [1.82, 2.24) is 10.2 Å². The van der Waals surface area contributed by atoms with Gasteiger partial charge in [-0.05, 0) is 41.7 Å². The van der Waals surface area contributed by atoms with E-state index in [4.69, 9.17) is 0 Å². The number of amides is 1. The second-order valence-electron chi connectivity index (χ2n) is 5.67. The predicted octanol–water partition coefficient (Wildman–Crippen LogP) is 2.57. The van der Waals surface area contributed by atoms with Crippen molar-refractivity contribution in [2.45, 2.75) is 32.7 Å². The Kier molecular flexibility index (Phi) is 4.09. The van der Waals surface area contributed by atoms with E-state index in [0.29, 0.717) is 13.0 Å². The van der Waals surface area contributed by atoms with Gasteiger partial charge in [-0.25, -0.2) is 0 Å². The summed E-state index contributed by atoms with van der Waals surface area (Å²) in [6.45, 7) is 4.69. The number of hydrogen-bond acceptors (Lipinski definition) is 2. The molecule has 110 valence electrons. The monoisotopic (exact) mass is 282 g/mol. The predicted molar refractivity (Wildman–Crippen MR) is 84.8 cm³/mol. The molecule has 1 aromatic rings. The lowest BCUT2D eigenvalue weighted by Gasteiger charge is -2.26. The highest BCUT2D eigenvalue weighted by atomic mass is 16.1. The van der Waals surface area contributed by atoms with Crippen LogP contribution in [0.2, 0.25) is 0 Å². The number of nitrogens with zero attached hydrogens (tertiary/aromatic N) is 1. The molecule has 1 aliphatic heterocycles. The van der Waals surface area contributed by atoms with E-state index in [0.717, 1.165) is 25.9 Å². The van der Waals surface area contributed by atoms with Crippen LogP contribution < -0.4 is 5.32 Å². The summed E-state index contributed by atoms with van der Waals surface area (Å²) in [5.74, 6) is 0.111. The molecule has 0 saturated carbocycles. The lowest BCUT2D eigenvalue weighted by atomic mass is 10.00. The van der Waals surface area contributed by atoms with Gasteiger partial charge >= 0.3 is 0 Å². The van der Waals surface area contributed by atoms with E-state index in [1.807, 2.05) is 6.92 Å². The molecule has 0 radical (unpaired) electrons. The zero-order valence-electron chi connectivity index (χ0n) is 12.6. The second kappa shape index (κ2) is 6.17. The Morgan fingerprint density at radius 1 is 1.24 bits per heavy atom. The van der Waals surface area contributed by atoms with E-state index in [1.165, 1.54) is 22.4 Å². The first-order chi connectivity index (χ1) is 10.3. The van der Waals surface area contributed by atoms with Gasteiger partial charge in [0.1, 0.15) is 0 Å². The van der Waals surface area contributed by atoms with Gasteiger partial charge in [0.25, 0.3) is 0 Å². The smallest absolute Gasteiger partial charge is 0.219 e. The average molecular weight is 282 g/mol. The van der Waals surface area contributed by atoms with Crippen LogP contribution in [0.15, 0.2) is 42.1 Å². The minimum Gasteiger partial charge on any atom is -0.371 e. The Morgan fingerprint density at radius 2 is 2.00 bits per heavy atom. The molecule has 0 aromatic heterocycles. The number of allylic oxidation sites excluding steroid dienone is 3. The van der Waals surface area contributed by atoms with Crippen LogP contribution in [0.25, 0.3) is 0 Å². The number of rotatable bonds is 4. The van der Waals surface area contributed by atoms with Crippen LogP contribution in [-0.2, 0) is 24.2 Å². The highest BCUT2D eigenvalue weighted by molar-refractivity contribution is 5.75. The minimum atomic E-state index is 0.111. The van der Waals surface area contributed by atoms with Crippen molar-refractivity contribution in [2.24, 2.45) is 0 Å². The first-order valence-electron chi connectivity index (χ1n) is 7.77. The lowest BCUT2D eigenvalue weighted by molar-refractivity contribution is -0.120. The minimum absolute atomic E-state index is 0.111. The molecule has 0 bridgehead atoms. The molecule has 3 nitrogen and oxygen atoms in total. The third kappa shape index (κ3) is 3.18. The van der Waals surface area contributed by atoms with Gasteiger partial charge in [-0.2, -0.15) is 0 Å². The molecule has 21 heavy (non-hydrogen) atoms. The maximum Gasteiger partial charge on any atom is 0.219 e. The van der Waals surface area contributed by atoms with E-state index in [1.54, 1.807) is 0 Å². The quantitative estimate of drug-likeness (QED) is 0.920. The van der Waals surface area contributed by atoms with Gasteiger partial charge < -0.3 is 10.2 Å². The fraction of sp³-hybridized carbons (Fsp3) is 0.389. The largest absolute Gasteiger partial charge is 0.371 e. The number of carbonyl (C=O) groups is 1. The molecule has 1 heterocycles. The fourth-order valence-corrected chi connectivity index (χ4v) is 2.87. The Hall–Kier alpha value is -2.03. The van der Waals surface area contributed by atoms with E-state index in [-0.39, 0.29) is 5.91 Å². The van der Waals surface area contributed by atoms with Crippen molar-refractivity contribution in [3.05, 3.63) is 58.8 Å². The number of fused-ring (bicyclic) bond motifs is 1. The van der Waals surface area contributed by atoms with E-state index < -0.39 is 0 Å². The van der Waals surface area contributed by atoms with Crippen LogP contribution >= 0.6 is 0 Å². The summed E-state index contributed by atoms with van der Waals surface area (Å²) in [6.07, 6.45) is 9.19. The first kappa shape index (κ1) is 13.9. The molecule has 0 fully saturated rings. The number of benzene rings is 1. The Bertz CT molecular complexity index is 601. The Labute approximate surface area is 126 Å². The summed E-state index contributed by atoms with van der Waals surface area (Å²) < 4.78 is 0. The second-order valence-corrected chi connectivity index (χ2v) is 5.67. The fourth-order valence-electron chi connectivity index (χ4n) is 2.87. The lowest BCUT2D eigenvalue weighted by Crippen LogP contribution is -2.26. The van der Waals surface area contributed by atoms with Gasteiger partial charge in [-0.1, -0.05) is 31.2 Å². The Morgan fingerprint density at radius 3 is 2.67 bits per heavy atom. The standard InChI is InChI=1S/C18H22N2O/c1-2-18(21)19-13-14-6-7-15-8-10-20(17-4-3-5-17)11-9-16(15)12-14/h3-7,12H,2,8-11,13H2,1H3,(H,19,21). The third-order valence-corrected chi connectivity index (χ3v) is 4.28. The van der Waals surface area contributed by atoms with Gasteiger partial charge in [0, 0.05) is 31.8 Å². The molecule has 1 aromatic carbocycles. The molecule has 3 heteroatoms. The van der Waals surface area contributed by atoms with Gasteiger partial charge in [-0.3, -0.25) is 4.79 Å². The molecule has 0 atom stereocenters. The molecule has 3 rings (SSSR count). The number of nitrogens with one attached hydrogen (secondary N) is 1. The summed E-state index contributed by atoms with van der Waals surface area (Å²) >= 11 is 0. The zero-order valence-corrected chi connectivity index (χ0v) is 12.6. The van der Waals surface area contributed by atoms with Crippen molar-refractivity contribution in [1.29, 1.82) is 0 Å². The summed E-state index contributed by atoms with van der Waals surface area (Å²) in [5.41, 5.74) is 5.45. The molecule has 0 saturated heterocycles. The highest BCUT2D eigenvalue weighted by Gasteiger charge is 2.16. The van der Waals surface area contributed by atoms with Crippen LogP contribution in [0, 0.1) is 0 Å². The van der Waals surface area contributed by atoms with Gasteiger partial charge in [-0.15, -0.1) is 0 Å². The molecule has 1 aliphatic carbocycles. The van der Waals surface area contributed by atoms with Crippen molar-refractivity contribution in [3.8, 4) is 0 Å². The highest BCUT2D eigenvalue weighted by Crippen LogP contribution is 2.22. The van der Waals surface area contributed by atoms with Crippen LogP contribution in [0.5, 0.6) is 0 Å². The van der Waals surface area contributed by atoms with E-state index >= 15 is 0 Å². The van der Waals surface area contributed by atoms with E-state index in [9.17, 15) is 4.79 Å². The SMILES string of the molecule is CCC(=O)NCc1ccc2c(c1)CCN(C1=CC=C1)CC2. The van der Waals surface area contributed by atoms with E-state index in [2.05, 4.69) is 46.6 Å². The molecule has 0 spiro atoms. The third-order valence-electron chi connectivity index (χ3n) is 4.28. The molecular weight excluding hydrogens is 260 g/mol. The topological polar surface area (TPSA) is 32.3 Å². The number of carbonyl (C=O) groups excluding carboxylic acids is 1. The molecular formula is C18H22N2O. The van der Waals surface area contributed by atoms with Crippen molar-refractivity contribution in [3.63, 3.8) is 0 Å². The number of hydrogen-bond donors (Lipinski definition) is 1. The maximum absolute atomic E-state index is 11.4. The Balaban J connectivity index is 1.66. The molecule has 0 unspecified atom stereocenters. The van der Waals surface area contributed by atoms with Gasteiger partial charge in [0.2, 0.25) is 5.91 Å². The van der Waals surface area contributed by atoms with Crippen molar-refractivity contribution < 1.29 is 4.79 Å². The van der Waals surface area contributed by atoms with Gasteiger partial charge in [0.05, 0.1) is 0 Å². The zero-order chi connectivity index (χ0) is 14.7. The summed E-state index contributed by atoms with van der Waals surface area (Å²) in [5, 5.41) is 2.95. The van der Waals surface area contributed by atoms with Crippen LogP contribution in [0.3, 0.4) is 0 Å². The van der Waals surface area contributed by atoms with Crippen LogP contribution in [-0.4, -0.2) is 23.9 Å². The molecule has 2 aliphatic rings. The van der Waals surface area contributed by atoms with Crippen molar-refractivity contribution >= 4 is 5.91 Å². The molecule has 1 amide bonds. The first-order valence-corrected chi connectivity index (χ1v) is 7.77. The van der Waals surface area contributed by atoms with Crippen LogP contribution in [0.4, 0.5) is 0 Å². The molecule has 1 N–H and O–H groups in total. The van der Waals surface area contributed by atoms with Crippen molar-refractivity contribution in [2.75, 3.05) is 13.1 Å². The van der Waals surface area contributed by atoms with Gasteiger partial charge in [0.15, 0.2) is 0 Å². The summed E-state index contributed by atoms with van der Waals surface area (Å²) in [7, 11) is 0. The maximum atomic E-state index is 11.4. The summed E-state index contributed by atoms with van der Waals surface area (Å²) in [4.78, 5) is 13.8. The summed E-state index contributed by atoms with van der Waals surface area (Å²) in [6, 6.07) is 6.64.